The molecule has 0 radical (unpaired) electrons. The van der Waals surface area contributed by atoms with Crippen LogP contribution in [0.3, 0.4) is 0 Å². The number of nitrogens with zero attached hydrogens (tertiary/aromatic N) is 4. The Hall–Kier alpha value is -1.75. The van der Waals surface area contributed by atoms with Crippen molar-refractivity contribution in [3.05, 3.63) is 36.0 Å². The Balaban J connectivity index is 2.15. The van der Waals surface area contributed by atoms with E-state index < -0.39 is 0 Å². The van der Waals surface area contributed by atoms with Crippen LogP contribution in [0.4, 0.5) is 0 Å². The maximum Gasteiger partial charge on any atom is 0.172 e. The first-order valence-electron chi connectivity index (χ1n) is 5.83. The van der Waals surface area contributed by atoms with Gasteiger partial charge >= 0.3 is 0 Å². The van der Waals surface area contributed by atoms with Gasteiger partial charge in [0.2, 0.25) is 0 Å². The second-order valence-corrected chi connectivity index (χ2v) is 3.91. The third-order valence-electron chi connectivity index (χ3n) is 2.62. The molecule has 5 nitrogen and oxygen atoms in total. The highest BCUT2D eigenvalue weighted by Gasteiger charge is 2.08. The smallest absolute Gasteiger partial charge is 0.172 e. The molecule has 0 saturated carbocycles. The molecule has 2 heterocycles. The third kappa shape index (κ3) is 2.68. The topological polar surface area (TPSA) is 55.6 Å². The monoisotopic (exact) mass is 231 g/mol. The molecule has 2 rings (SSSR count). The van der Waals surface area contributed by atoms with Gasteiger partial charge in [0.15, 0.2) is 5.82 Å². The molecule has 90 valence electrons. The van der Waals surface area contributed by atoms with E-state index in [4.69, 9.17) is 0 Å². The predicted molar refractivity (Wildman–Crippen MR) is 65.9 cm³/mol. The normalized spacial score (nSPS) is 10.7. The minimum Gasteiger partial charge on any atom is -0.313 e. The van der Waals surface area contributed by atoms with Crippen LogP contribution in [0.1, 0.15) is 24.6 Å². The van der Waals surface area contributed by atoms with Gasteiger partial charge in [0.05, 0.1) is 12.4 Å². The third-order valence-corrected chi connectivity index (χ3v) is 2.62. The Morgan fingerprint density at radius 2 is 2.18 bits per heavy atom. The van der Waals surface area contributed by atoms with Gasteiger partial charge in [-0.1, -0.05) is 6.92 Å². The second kappa shape index (κ2) is 5.54. The van der Waals surface area contributed by atoms with Crippen molar-refractivity contribution in [2.45, 2.75) is 26.8 Å². The zero-order chi connectivity index (χ0) is 12.1. The fourth-order valence-corrected chi connectivity index (χ4v) is 1.65. The molecule has 0 unspecified atom stereocenters. The van der Waals surface area contributed by atoms with Gasteiger partial charge in [-0.25, -0.2) is 9.67 Å². The summed E-state index contributed by atoms with van der Waals surface area (Å²) >= 11 is 0. The van der Waals surface area contributed by atoms with Crippen molar-refractivity contribution >= 4 is 0 Å². The molecule has 0 aromatic carbocycles. The molecule has 1 N–H and O–H groups in total. The highest BCUT2D eigenvalue weighted by Crippen LogP contribution is 2.10. The summed E-state index contributed by atoms with van der Waals surface area (Å²) in [6.07, 6.45) is 8.06. The van der Waals surface area contributed by atoms with Crippen LogP contribution in [0.15, 0.2) is 24.8 Å². The highest BCUT2D eigenvalue weighted by molar-refractivity contribution is 5.25. The fourth-order valence-electron chi connectivity index (χ4n) is 1.65. The zero-order valence-electron chi connectivity index (χ0n) is 10.2. The maximum absolute atomic E-state index is 4.34. The summed E-state index contributed by atoms with van der Waals surface area (Å²) in [5, 5.41) is 7.71. The maximum atomic E-state index is 4.34. The molecule has 17 heavy (non-hydrogen) atoms. The van der Waals surface area contributed by atoms with Crippen molar-refractivity contribution < 1.29 is 0 Å². The van der Waals surface area contributed by atoms with Gasteiger partial charge in [-0.2, -0.15) is 5.10 Å². The standard InChI is InChI=1S/C12H17N5/c1-3-4-13-7-11-8-16-17(10(11)2)12-9-14-5-6-15-12/h5-6,8-9,13H,3-4,7H2,1-2H3. The minimum absolute atomic E-state index is 0.756. The van der Waals surface area contributed by atoms with Gasteiger partial charge in [-0.05, 0) is 19.9 Å². The molecular formula is C12H17N5. The first-order valence-corrected chi connectivity index (χ1v) is 5.83. The van der Waals surface area contributed by atoms with E-state index in [-0.39, 0.29) is 0 Å². The molecular weight excluding hydrogens is 214 g/mol. The minimum atomic E-state index is 0.756. The number of rotatable bonds is 5. The number of hydrogen-bond donors (Lipinski definition) is 1. The fraction of sp³-hybridized carbons (Fsp3) is 0.417. The Morgan fingerprint density at radius 1 is 1.29 bits per heavy atom. The molecule has 0 spiro atoms. The molecule has 0 fully saturated rings. The van der Waals surface area contributed by atoms with Gasteiger partial charge in [0, 0.05) is 30.2 Å². The zero-order valence-corrected chi connectivity index (χ0v) is 10.2. The Morgan fingerprint density at radius 3 is 2.88 bits per heavy atom. The summed E-state index contributed by atoms with van der Waals surface area (Å²) in [6.45, 7) is 6.07. The van der Waals surface area contributed by atoms with E-state index in [1.165, 1.54) is 5.56 Å². The summed E-state index contributed by atoms with van der Waals surface area (Å²) in [4.78, 5) is 8.29. The molecule has 0 aliphatic rings. The van der Waals surface area contributed by atoms with Crippen LogP contribution in [0.2, 0.25) is 0 Å². The van der Waals surface area contributed by atoms with E-state index in [9.17, 15) is 0 Å². The van der Waals surface area contributed by atoms with Crippen LogP contribution in [0.5, 0.6) is 0 Å². The van der Waals surface area contributed by atoms with Gasteiger partial charge < -0.3 is 5.32 Å². The van der Waals surface area contributed by atoms with Crippen LogP contribution in [0, 0.1) is 6.92 Å². The van der Waals surface area contributed by atoms with E-state index in [0.29, 0.717) is 0 Å². The molecule has 0 amide bonds. The molecule has 2 aromatic rings. The Labute approximate surface area is 101 Å². The van der Waals surface area contributed by atoms with Crippen LogP contribution in [-0.4, -0.2) is 26.3 Å². The largest absolute Gasteiger partial charge is 0.313 e. The van der Waals surface area contributed by atoms with Gasteiger partial charge in [-0.3, -0.25) is 4.98 Å². The lowest BCUT2D eigenvalue weighted by Crippen LogP contribution is -2.14. The average Bonchev–Trinajstić information content (AvgIpc) is 2.73. The van der Waals surface area contributed by atoms with E-state index in [1.54, 1.807) is 18.6 Å². The molecule has 2 aromatic heterocycles. The lowest BCUT2D eigenvalue weighted by atomic mass is 10.2. The molecule has 5 heteroatoms. The summed E-state index contributed by atoms with van der Waals surface area (Å²) in [6, 6.07) is 0. The first-order chi connectivity index (χ1) is 8.33. The molecule has 0 saturated heterocycles. The van der Waals surface area contributed by atoms with Crippen LogP contribution in [0.25, 0.3) is 5.82 Å². The predicted octanol–water partition coefficient (Wildman–Crippen LogP) is 1.47. The number of hydrogen-bond acceptors (Lipinski definition) is 4. The Kier molecular flexibility index (Phi) is 3.82. The van der Waals surface area contributed by atoms with Gasteiger partial charge in [0.1, 0.15) is 0 Å². The lowest BCUT2D eigenvalue weighted by molar-refractivity contribution is 0.672. The van der Waals surface area contributed by atoms with Gasteiger partial charge in [-0.15, -0.1) is 0 Å². The SMILES string of the molecule is CCCNCc1cnn(-c2cnccn2)c1C. The highest BCUT2D eigenvalue weighted by atomic mass is 15.3. The molecule has 0 bridgehead atoms. The summed E-state index contributed by atoms with van der Waals surface area (Å²) in [7, 11) is 0. The molecule has 0 aliphatic carbocycles. The van der Waals surface area contributed by atoms with Crippen LogP contribution < -0.4 is 5.32 Å². The van der Waals surface area contributed by atoms with Crippen molar-refractivity contribution in [2.24, 2.45) is 0 Å². The van der Waals surface area contributed by atoms with Crippen molar-refractivity contribution in [1.29, 1.82) is 0 Å². The van der Waals surface area contributed by atoms with E-state index >= 15 is 0 Å². The summed E-state index contributed by atoms with van der Waals surface area (Å²) in [5.74, 6) is 0.756. The van der Waals surface area contributed by atoms with Crippen molar-refractivity contribution in [2.75, 3.05) is 6.54 Å². The quantitative estimate of drug-likeness (QED) is 0.792. The summed E-state index contributed by atoms with van der Waals surface area (Å²) < 4.78 is 1.82. The van der Waals surface area contributed by atoms with Crippen molar-refractivity contribution in [3.63, 3.8) is 0 Å². The number of nitrogens with one attached hydrogen (secondary N) is 1. The van der Waals surface area contributed by atoms with Crippen LogP contribution in [-0.2, 0) is 6.54 Å². The average molecular weight is 231 g/mol. The van der Waals surface area contributed by atoms with E-state index in [0.717, 1.165) is 31.0 Å². The lowest BCUT2D eigenvalue weighted by Gasteiger charge is -2.04. The number of aromatic nitrogens is 4. The molecule has 0 atom stereocenters. The van der Waals surface area contributed by atoms with Crippen molar-refractivity contribution in [3.8, 4) is 5.82 Å². The Bertz CT molecular complexity index is 463. The van der Waals surface area contributed by atoms with E-state index in [2.05, 4.69) is 27.3 Å². The first kappa shape index (κ1) is 11.7. The molecule has 0 aliphatic heterocycles. The van der Waals surface area contributed by atoms with Gasteiger partial charge in [0.25, 0.3) is 0 Å². The van der Waals surface area contributed by atoms with Crippen LogP contribution >= 0.6 is 0 Å². The van der Waals surface area contributed by atoms with Crippen molar-refractivity contribution in [1.82, 2.24) is 25.1 Å². The summed E-state index contributed by atoms with van der Waals surface area (Å²) in [5.41, 5.74) is 2.30. The van der Waals surface area contributed by atoms with E-state index in [1.807, 2.05) is 17.8 Å². The second-order valence-electron chi connectivity index (χ2n) is 3.91.